The van der Waals surface area contributed by atoms with Crippen molar-refractivity contribution in [3.05, 3.63) is 35.9 Å². The first kappa shape index (κ1) is 13.3. The minimum Gasteiger partial charge on any atom is -0.344 e. The van der Waals surface area contributed by atoms with Crippen LogP contribution in [-0.4, -0.2) is 35.1 Å². The maximum Gasteiger partial charge on any atom is 0.222 e. The molecule has 1 saturated heterocycles. The van der Waals surface area contributed by atoms with E-state index in [1.54, 1.807) is 4.90 Å². The normalized spacial score (nSPS) is 21.8. The lowest BCUT2D eigenvalue weighted by atomic mass is 10.1. The molecule has 1 aliphatic heterocycles. The molecule has 2 rings (SSSR count). The average Bonchev–Trinajstić information content (AvgIpc) is 2.77. The summed E-state index contributed by atoms with van der Waals surface area (Å²) in [6.45, 7) is 1.85. The number of amides is 2. The smallest absolute Gasteiger partial charge is 0.222 e. The fourth-order valence-electron chi connectivity index (χ4n) is 2.33. The van der Waals surface area contributed by atoms with E-state index in [0.29, 0.717) is 12.8 Å². The number of aldehydes is 1. The Morgan fingerprint density at radius 2 is 2.11 bits per heavy atom. The van der Waals surface area contributed by atoms with Gasteiger partial charge in [0.2, 0.25) is 11.8 Å². The Hall–Kier alpha value is -2.17. The fourth-order valence-corrected chi connectivity index (χ4v) is 2.33. The van der Waals surface area contributed by atoms with E-state index in [4.69, 9.17) is 0 Å². The molecule has 2 unspecified atom stereocenters. The molecule has 1 aromatic rings. The molecule has 0 spiro atoms. The van der Waals surface area contributed by atoms with Crippen molar-refractivity contribution in [2.75, 3.05) is 0 Å². The Bertz CT molecular complexity index is 487. The van der Waals surface area contributed by atoms with Gasteiger partial charge in [0.05, 0.1) is 6.04 Å². The highest BCUT2D eigenvalue weighted by molar-refractivity contribution is 5.86. The Morgan fingerprint density at radius 1 is 1.42 bits per heavy atom. The molecule has 1 fully saturated rings. The summed E-state index contributed by atoms with van der Waals surface area (Å²) in [5.74, 6) is -0.335. The molecular weight excluding hydrogens is 244 g/mol. The summed E-state index contributed by atoms with van der Waals surface area (Å²) in [6, 6.07) is 8.50. The molecule has 0 aliphatic carbocycles. The molecule has 0 bridgehead atoms. The van der Waals surface area contributed by atoms with Crippen LogP contribution in [0, 0.1) is 0 Å². The summed E-state index contributed by atoms with van der Waals surface area (Å²) in [6.07, 6.45) is 0.867. The Labute approximate surface area is 111 Å². The number of hydrogen-bond acceptors (Lipinski definition) is 3. The van der Waals surface area contributed by atoms with Crippen molar-refractivity contribution in [2.24, 2.45) is 0 Å². The molecule has 1 aromatic carbocycles. The van der Waals surface area contributed by atoms with Gasteiger partial charge in [-0.25, -0.2) is 0 Å². The second-order valence-corrected chi connectivity index (χ2v) is 4.63. The van der Waals surface area contributed by atoms with Crippen LogP contribution >= 0.6 is 0 Å². The van der Waals surface area contributed by atoms with Gasteiger partial charge in [-0.05, 0) is 5.56 Å². The molecule has 0 saturated carbocycles. The van der Waals surface area contributed by atoms with E-state index in [-0.39, 0.29) is 18.2 Å². The van der Waals surface area contributed by atoms with Crippen molar-refractivity contribution >= 4 is 18.1 Å². The highest BCUT2D eigenvalue weighted by atomic mass is 16.2. The first-order valence-electron chi connectivity index (χ1n) is 6.17. The third-order valence-electron chi connectivity index (χ3n) is 3.28. The fraction of sp³-hybridized carbons (Fsp3) is 0.357. The summed E-state index contributed by atoms with van der Waals surface area (Å²) < 4.78 is 0. The van der Waals surface area contributed by atoms with E-state index in [0.717, 1.165) is 5.56 Å². The molecule has 19 heavy (non-hydrogen) atoms. The SMILES string of the molecule is CC(=O)N(Cc1ccccc1)C1CC(=O)NC1C=O. The molecular formula is C14H16N2O3. The average molecular weight is 260 g/mol. The predicted molar refractivity (Wildman–Crippen MR) is 69.1 cm³/mol. The molecule has 1 aliphatic rings. The van der Waals surface area contributed by atoms with Gasteiger partial charge in [0.25, 0.3) is 0 Å². The minimum atomic E-state index is -0.611. The molecule has 2 amide bonds. The Kier molecular flexibility index (Phi) is 3.94. The van der Waals surface area contributed by atoms with Crippen LogP contribution in [0.1, 0.15) is 18.9 Å². The van der Waals surface area contributed by atoms with E-state index in [9.17, 15) is 14.4 Å². The van der Waals surface area contributed by atoms with Crippen molar-refractivity contribution in [2.45, 2.75) is 32.0 Å². The van der Waals surface area contributed by atoms with Gasteiger partial charge in [-0.15, -0.1) is 0 Å². The second kappa shape index (κ2) is 5.65. The van der Waals surface area contributed by atoms with E-state index in [1.807, 2.05) is 30.3 Å². The number of carbonyl (C=O) groups excluding carboxylic acids is 3. The quantitative estimate of drug-likeness (QED) is 0.801. The van der Waals surface area contributed by atoms with E-state index >= 15 is 0 Å². The minimum absolute atomic E-state index is 0.141. The van der Waals surface area contributed by atoms with Crippen molar-refractivity contribution < 1.29 is 14.4 Å². The Morgan fingerprint density at radius 3 is 2.68 bits per heavy atom. The monoisotopic (exact) mass is 260 g/mol. The van der Waals surface area contributed by atoms with Crippen LogP contribution in [0.2, 0.25) is 0 Å². The molecule has 1 heterocycles. The van der Waals surface area contributed by atoms with Crippen molar-refractivity contribution in [1.29, 1.82) is 0 Å². The number of hydrogen-bond donors (Lipinski definition) is 1. The van der Waals surface area contributed by atoms with Gasteiger partial charge in [-0.3, -0.25) is 9.59 Å². The van der Waals surface area contributed by atoms with E-state index < -0.39 is 12.1 Å². The summed E-state index contributed by atoms with van der Waals surface area (Å²) in [4.78, 5) is 35.7. The van der Waals surface area contributed by atoms with Crippen LogP contribution in [0.15, 0.2) is 30.3 Å². The predicted octanol–water partition coefficient (Wildman–Crippen LogP) is 0.491. The standard InChI is InChI=1S/C14H16N2O3/c1-10(18)16(8-11-5-3-2-4-6-11)13-7-14(19)15-12(13)9-17/h2-6,9,12-13H,7-8H2,1H3,(H,15,19). The van der Waals surface area contributed by atoms with Gasteiger partial charge in [0.15, 0.2) is 0 Å². The number of nitrogens with zero attached hydrogens (tertiary/aromatic N) is 1. The van der Waals surface area contributed by atoms with Crippen LogP contribution in [0.25, 0.3) is 0 Å². The van der Waals surface area contributed by atoms with Crippen LogP contribution in [-0.2, 0) is 20.9 Å². The zero-order valence-corrected chi connectivity index (χ0v) is 10.7. The van der Waals surface area contributed by atoms with Gasteiger partial charge in [0, 0.05) is 19.9 Å². The molecule has 0 aromatic heterocycles. The second-order valence-electron chi connectivity index (χ2n) is 4.63. The number of carbonyl (C=O) groups is 3. The lowest BCUT2D eigenvalue weighted by Gasteiger charge is -2.29. The third-order valence-corrected chi connectivity index (χ3v) is 3.28. The molecule has 2 atom stereocenters. The maximum atomic E-state index is 11.8. The third kappa shape index (κ3) is 2.99. The highest BCUT2D eigenvalue weighted by Gasteiger charge is 2.37. The number of benzene rings is 1. The zero-order chi connectivity index (χ0) is 13.8. The van der Waals surface area contributed by atoms with Crippen LogP contribution in [0.3, 0.4) is 0 Å². The van der Waals surface area contributed by atoms with Crippen molar-refractivity contribution in [1.82, 2.24) is 10.2 Å². The molecule has 0 radical (unpaired) electrons. The van der Waals surface area contributed by atoms with Gasteiger partial charge in [0.1, 0.15) is 12.3 Å². The molecule has 100 valence electrons. The van der Waals surface area contributed by atoms with E-state index in [2.05, 4.69) is 5.32 Å². The highest BCUT2D eigenvalue weighted by Crippen LogP contribution is 2.18. The van der Waals surface area contributed by atoms with Crippen LogP contribution < -0.4 is 5.32 Å². The maximum absolute atomic E-state index is 11.8. The van der Waals surface area contributed by atoms with Crippen LogP contribution in [0.4, 0.5) is 0 Å². The number of nitrogens with one attached hydrogen (secondary N) is 1. The van der Waals surface area contributed by atoms with Crippen molar-refractivity contribution in [3.63, 3.8) is 0 Å². The van der Waals surface area contributed by atoms with Gasteiger partial charge >= 0.3 is 0 Å². The van der Waals surface area contributed by atoms with Gasteiger partial charge in [-0.2, -0.15) is 0 Å². The summed E-state index contributed by atoms with van der Waals surface area (Å²) in [5, 5.41) is 2.57. The molecule has 5 nitrogen and oxygen atoms in total. The molecule has 5 heteroatoms. The Balaban J connectivity index is 2.18. The van der Waals surface area contributed by atoms with Crippen molar-refractivity contribution in [3.8, 4) is 0 Å². The summed E-state index contributed by atoms with van der Waals surface area (Å²) in [5.41, 5.74) is 0.974. The topological polar surface area (TPSA) is 66.5 Å². The lowest BCUT2D eigenvalue weighted by Crippen LogP contribution is -2.46. The van der Waals surface area contributed by atoms with Gasteiger partial charge < -0.3 is 15.0 Å². The van der Waals surface area contributed by atoms with Crippen LogP contribution in [0.5, 0.6) is 0 Å². The first-order valence-corrected chi connectivity index (χ1v) is 6.17. The lowest BCUT2D eigenvalue weighted by molar-refractivity contribution is -0.132. The largest absolute Gasteiger partial charge is 0.344 e. The van der Waals surface area contributed by atoms with Gasteiger partial charge in [-0.1, -0.05) is 30.3 Å². The molecule has 1 N–H and O–H groups in total. The van der Waals surface area contributed by atoms with E-state index in [1.165, 1.54) is 6.92 Å². The summed E-state index contributed by atoms with van der Waals surface area (Å²) in [7, 11) is 0. The first-order chi connectivity index (χ1) is 9.11. The summed E-state index contributed by atoms with van der Waals surface area (Å²) >= 11 is 0. The number of rotatable bonds is 4. The zero-order valence-electron chi connectivity index (χ0n) is 10.7.